The summed E-state index contributed by atoms with van der Waals surface area (Å²) in [5.74, 6) is -1.18. The molecule has 2 unspecified atom stereocenters. The zero-order valence-corrected chi connectivity index (χ0v) is 19.6. The summed E-state index contributed by atoms with van der Waals surface area (Å²) in [6.45, 7) is 0. The number of hydrogen-bond acceptors (Lipinski definition) is 6. The lowest BCUT2D eigenvalue weighted by molar-refractivity contribution is -0.122. The summed E-state index contributed by atoms with van der Waals surface area (Å²) in [7, 11) is 0. The maximum atomic E-state index is 13.7. The third-order valence-electron chi connectivity index (χ3n) is 6.10. The number of fused-ring (bicyclic) bond motifs is 2. The van der Waals surface area contributed by atoms with Crippen molar-refractivity contribution in [2.24, 2.45) is 5.92 Å². The Morgan fingerprint density at radius 1 is 0.857 bits per heavy atom. The molecule has 1 fully saturated rings. The lowest BCUT2D eigenvalue weighted by atomic mass is 9.83. The Bertz CT molecular complexity index is 1500. The second-order valence-electron chi connectivity index (χ2n) is 8.23. The number of ether oxygens (including phenoxy) is 1. The summed E-state index contributed by atoms with van der Waals surface area (Å²) in [5, 5.41) is -0.114. The van der Waals surface area contributed by atoms with E-state index in [4.69, 9.17) is 4.74 Å². The number of imide groups is 1. The second-order valence-corrected chi connectivity index (χ2v) is 10.4. The Labute approximate surface area is 207 Å². The van der Waals surface area contributed by atoms with E-state index in [1.54, 1.807) is 0 Å². The number of thioether (sulfide) groups is 1. The van der Waals surface area contributed by atoms with Gasteiger partial charge in [0, 0.05) is 10.8 Å². The van der Waals surface area contributed by atoms with E-state index < -0.39 is 22.9 Å². The molecule has 174 valence electrons. The average molecular weight is 505 g/mol. The van der Waals surface area contributed by atoms with Crippen molar-refractivity contribution < 1.29 is 18.7 Å². The van der Waals surface area contributed by atoms with E-state index in [1.807, 2.05) is 54.6 Å². The maximum Gasteiger partial charge on any atom is 0.305 e. The molecule has 6 nitrogen and oxygen atoms in total. The third-order valence-corrected chi connectivity index (χ3v) is 8.51. The van der Waals surface area contributed by atoms with Crippen molar-refractivity contribution in [3.05, 3.63) is 105 Å². The normalized spacial score (nSPS) is 21.1. The minimum atomic E-state index is -0.719. The van der Waals surface area contributed by atoms with E-state index in [9.17, 15) is 18.8 Å². The van der Waals surface area contributed by atoms with E-state index in [1.165, 1.54) is 36.0 Å². The molecule has 0 saturated carbocycles. The number of rotatable bonds is 4. The molecule has 1 N–H and O–H groups in total. The van der Waals surface area contributed by atoms with Crippen LogP contribution in [0.2, 0.25) is 0 Å². The fourth-order valence-corrected chi connectivity index (χ4v) is 7.13. The van der Waals surface area contributed by atoms with Crippen LogP contribution in [-0.2, 0) is 9.59 Å². The number of nitrogens with zero attached hydrogens (tertiary/aromatic N) is 1. The number of aromatic amines is 1. The fourth-order valence-electron chi connectivity index (χ4n) is 4.62. The maximum absolute atomic E-state index is 13.7. The molecule has 3 aromatic carbocycles. The van der Waals surface area contributed by atoms with Gasteiger partial charge in [0.1, 0.15) is 22.6 Å². The van der Waals surface area contributed by atoms with Gasteiger partial charge in [-0.05, 0) is 54.1 Å². The number of hydrogen-bond donors (Lipinski definition) is 1. The van der Waals surface area contributed by atoms with Crippen LogP contribution >= 0.6 is 23.1 Å². The summed E-state index contributed by atoms with van der Waals surface area (Å²) in [6, 6.07) is 22.0. The number of anilines is 1. The molecule has 2 aliphatic rings. The van der Waals surface area contributed by atoms with Crippen LogP contribution in [0, 0.1) is 11.7 Å². The monoisotopic (exact) mass is 504 g/mol. The number of thiazole rings is 1. The van der Waals surface area contributed by atoms with Crippen LogP contribution in [0.25, 0.3) is 0 Å². The average Bonchev–Trinajstić information content (AvgIpc) is 3.35. The summed E-state index contributed by atoms with van der Waals surface area (Å²) in [5.41, 5.74) is 1.10. The van der Waals surface area contributed by atoms with Gasteiger partial charge in [-0.15, -0.1) is 0 Å². The standard InChI is InChI=1S/C26H17FN2O4S2/c27-15-9-11-16(12-10-15)29-24(30)20-19(21-23(28-26(32)35-21)34-22(20)25(29)31)14-5-4-8-18(13-14)33-17-6-2-1-3-7-17/h1-13,19-20,22H,(H,28,32)/t19-,20?,22?/m1/s1. The molecule has 9 heteroatoms. The first-order valence-corrected chi connectivity index (χ1v) is 12.5. The smallest absolute Gasteiger partial charge is 0.305 e. The molecule has 1 saturated heterocycles. The highest BCUT2D eigenvalue weighted by atomic mass is 32.2. The van der Waals surface area contributed by atoms with E-state index in [-0.39, 0.29) is 16.7 Å². The largest absolute Gasteiger partial charge is 0.457 e. The SMILES string of the molecule is O=C1C2Sc3[nH]c(=O)sc3[C@H](c3cccc(Oc4ccccc4)c3)C2C(=O)N1c1ccc(F)cc1. The summed E-state index contributed by atoms with van der Waals surface area (Å²) in [6.07, 6.45) is 0. The van der Waals surface area contributed by atoms with Gasteiger partial charge < -0.3 is 9.72 Å². The molecular formula is C26H17FN2O4S2. The van der Waals surface area contributed by atoms with Gasteiger partial charge >= 0.3 is 4.87 Å². The van der Waals surface area contributed by atoms with Crippen molar-refractivity contribution in [1.82, 2.24) is 4.98 Å². The molecule has 2 amide bonds. The number of carbonyl (C=O) groups excluding carboxylic acids is 2. The molecular weight excluding hydrogens is 487 g/mol. The van der Waals surface area contributed by atoms with Crippen molar-refractivity contribution in [3.8, 4) is 11.5 Å². The van der Waals surface area contributed by atoms with Gasteiger partial charge in [0.2, 0.25) is 11.8 Å². The van der Waals surface area contributed by atoms with E-state index in [2.05, 4.69) is 4.98 Å². The van der Waals surface area contributed by atoms with Gasteiger partial charge in [0.15, 0.2) is 0 Å². The number of aromatic nitrogens is 1. The number of amides is 2. The van der Waals surface area contributed by atoms with Crippen molar-refractivity contribution in [1.29, 1.82) is 0 Å². The summed E-state index contributed by atoms with van der Waals surface area (Å²) in [4.78, 5) is 43.8. The lowest BCUT2D eigenvalue weighted by Crippen LogP contribution is -2.32. The molecule has 0 radical (unpaired) electrons. The van der Waals surface area contributed by atoms with Crippen molar-refractivity contribution in [2.45, 2.75) is 16.2 Å². The summed E-state index contributed by atoms with van der Waals surface area (Å²) < 4.78 is 19.5. The van der Waals surface area contributed by atoms with Crippen molar-refractivity contribution in [2.75, 3.05) is 4.90 Å². The van der Waals surface area contributed by atoms with Gasteiger partial charge in [-0.3, -0.25) is 14.4 Å². The molecule has 1 aromatic heterocycles. The highest BCUT2D eigenvalue weighted by molar-refractivity contribution is 8.00. The highest BCUT2D eigenvalue weighted by Crippen LogP contribution is 2.53. The molecule has 0 aliphatic carbocycles. The predicted molar refractivity (Wildman–Crippen MR) is 132 cm³/mol. The van der Waals surface area contributed by atoms with Crippen molar-refractivity contribution >= 4 is 40.6 Å². The Balaban J connectivity index is 1.43. The molecule has 6 rings (SSSR count). The van der Waals surface area contributed by atoms with Crippen LogP contribution in [0.15, 0.2) is 88.7 Å². The van der Waals surface area contributed by atoms with E-state index in [0.29, 0.717) is 22.2 Å². The molecule has 3 atom stereocenters. The number of para-hydroxylation sites is 1. The number of carbonyl (C=O) groups is 2. The molecule has 4 aromatic rings. The molecule has 3 heterocycles. The first kappa shape index (κ1) is 21.8. The van der Waals surface area contributed by atoms with Crippen LogP contribution in [0.1, 0.15) is 16.4 Å². The quantitative estimate of drug-likeness (QED) is 0.388. The Morgan fingerprint density at radius 3 is 2.37 bits per heavy atom. The minimum Gasteiger partial charge on any atom is -0.457 e. The molecule has 0 bridgehead atoms. The zero-order valence-electron chi connectivity index (χ0n) is 18.0. The van der Waals surface area contributed by atoms with Crippen LogP contribution < -0.4 is 14.5 Å². The number of nitrogens with one attached hydrogen (secondary N) is 1. The minimum absolute atomic E-state index is 0.237. The molecule has 35 heavy (non-hydrogen) atoms. The first-order chi connectivity index (χ1) is 17.0. The van der Waals surface area contributed by atoms with E-state index in [0.717, 1.165) is 26.7 Å². The Morgan fingerprint density at radius 2 is 1.60 bits per heavy atom. The number of H-pyrrole nitrogens is 1. The van der Waals surface area contributed by atoms with Crippen LogP contribution in [-0.4, -0.2) is 22.0 Å². The first-order valence-electron chi connectivity index (χ1n) is 10.9. The third kappa shape index (κ3) is 3.77. The van der Waals surface area contributed by atoms with Crippen LogP contribution in [0.4, 0.5) is 10.1 Å². The topological polar surface area (TPSA) is 79.5 Å². The fraction of sp³-hybridized carbons (Fsp3) is 0.115. The van der Waals surface area contributed by atoms with Gasteiger partial charge in [0.05, 0.1) is 16.6 Å². The highest BCUT2D eigenvalue weighted by Gasteiger charge is 2.56. The van der Waals surface area contributed by atoms with Gasteiger partial charge in [-0.1, -0.05) is 53.4 Å². The number of benzene rings is 3. The molecule has 2 aliphatic heterocycles. The van der Waals surface area contributed by atoms with Gasteiger partial charge in [-0.2, -0.15) is 0 Å². The summed E-state index contributed by atoms with van der Waals surface area (Å²) >= 11 is 2.25. The van der Waals surface area contributed by atoms with Gasteiger partial charge in [0.25, 0.3) is 0 Å². The van der Waals surface area contributed by atoms with Crippen LogP contribution in [0.3, 0.4) is 0 Å². The van der Waals surface area contributed by atoms with Crippen molar-refractivity contribution in [3.63, 3.8) is 0 Å². The Kier molecular flexibility index (Phi) is 5.31. The molecule has 0 spiro atoms. The lowest BCUT2D eigenvalue weighted by Gasteiger charge is -2.30. The number of halogens is 1. The van der Waals surface area contributed by atoms with Gasteiger partial charge in [-0.25, -0.2) is 9.29 Å². The second kappa shape index (κ2) is 8.51. The predicted octanol–water partition coefficient (Wildman–Crippen LogP) is 5.16. The van der Waals surface area contributed by atoms with E-state index >= 15 is 0 Å². The Hall–Kier alpha value is -3.69. The zero-order chi connectivity index (χ0) is 24.1. The van der Waals surface area contributed by atoms with Crippen LogP contribution in [0.5, 0.6) is 11.5 Å².